The van der Waals surface area contributed by atoms with E-state index in [0.29, 0.717) is 4.90 Å². The van der Waals surface area contributed by atoms with Gasteiger partial charge in [-0.15, -0.1) is 0 Å². The van der Waals surface area contributed by atoms with Gasteiger partial charge in [-0.05, 0) is 55.0 Å². The molecule has 0 fully saturated rings. The molecule has 0 amide bonds. The third-order valence-electron chi connectivity index (χ3n) is 2.84. The van der Waals surface area contributed by atoms with Crippen LogP contribution in [0.1, 0.15) is 5.56 Å². The van der Waals surface area contributed by atoms with Crippen LogP contribution in [-0.4, -0.2) is 14.7 Å². The summed E-state index contributed by atoms with van der Waals surface area (Å²) in [7, 11) is -3.15. The Kier molecular flexibility index (Phi) is 3.48. The van der Waals surface area contributed by atoms with E-state index in [1.54, 1.807) is 24.3 Å². The highest BCUT2D eigenvalue weighted by Crippen LogP contribution is 2.22. The SMILES string of the molecule is Cc1cc(Nc2ccc(S(C)(=O)=O)cc2)ccc1N. The number of nitrogens with one attached hydrogen (secondary N) is 1. The Balaban J connectivity index is 2.22. The summed E-state index contributed by atoms with van der Waals surface area (Å²) in [5.74, 6) is 0. The summed E-state index contributed by atoms with van der Waals surface area (Å²) < 4.78 is 22.7. The van der Waals surface area contributed by atoms with Crippen molar-refractivity contribution in [2.45, 2.75) is 11.8 Å². The maximum absolute atomic E-state index is 11.4. The molecule has 0 aromatic heterocycles. The molecule has 0 aliphatic rings. The minimum Gasteiger partial charge on any atom is -0.399 e. The summed E-state index contributed by atoms with van der Waals surface area (Å²) in [6.45, 7) is 1.94. The predicted molar refractivity (Wildman–Crippen MR) is 78.4 cm³/mol. The molecule has 0 aliphatic carbocycles. The number of sulfone groups is 1. The summed E-state index contributed by atoms with van der Waals surface area (Å²) in [6.07, 6.45) is 1.19. The maximum Gasteiger partial charge on any atom is 0.175 e. The van der Waals surface area contributed by atoms with Crippen molar-refractivity contribution < 1.29 is 8.42 Å². The number of aryl methyl sites for hydroxylation is 1. The fourth-order valence-corrected chi connectivity index (χ4v) is 2.34. The first kappa shape index (κ1) is 13.4. The van der Waals surface area contributed by atoms with Gasteiger partial charge in [0.1, 0.15) is 0 Å². The largest absolute Gasteiger partial charge is 0.399 e. The monoisotopic (exact) mass is 276 g/mol. The average molecular weight is 276 g/mol. The van der Waals surface area contributed by atoms with Crippen LogP contribution >= 0.6 is 0 Å². The lowest BCUT2D eigenvalue weighted by atomic mass is 10.2. The van der Waals surface area contributed by atoms with Gasteiger partial charge in [0, 0.05) is 23.3 Å². The fourth-order valence-electron chi connectivity index (χ4n) is 1.71. The first-order chi connectivity index (χ1) is 8.86. The lowest BCUT2D eigenvalue weighted by Gasteiger charge is -2.09. The Morgan fingerprint density at radius 2 is 1.58 bits per heavy atom. The van der Waals surface area contributed by atoms with Crippen molar-refractivity contribution in [3.8, 4) is 0 Å². The van der Waals surface area contributed by atoms with E-state index in [-0.39, 0.29) is 0 Å². The van der Waals surface area contributed by atoms with E-state index in [1.807, 2.05) is 25.1 Å². The highest BCUT2D eigenvalue weighted by molar-refractivity contribution is 7.90. The Labute approximate surface area is 113 Å². The number of benzene rings is 2. The number of rotatable bonds is 3. The van der Waals surface area contributed by atoms with E-state index in [2.05, 4.69) is 5.32 Å². The zero-order chi connectivity index (χ0) is 14.0. The van der Waals surface area contributed by atoms with Crippen molar-refractivity contribution >= 4 is 26.9 Å². The van der Waals surface area contributed by atoms with Crippen molar-refractivity contribution in [1.29, 1.82) is 0 Å². The number of anilines is 3. The molecular weight excluding hydrogens is 260 g/mol. The van der Waals surface area contributed by atoms with Crippen LogP contribution in [0.25, 0.3) is 0 Å². The molecule has 2 aromatic rings. The standard InChI is InChI=1S/C14H16N2O2S/c1-10-9-12(5-8-14(10)15)16-11-3-6-13(7-4-11)19(2,17)18/h3-9,16H,15H2,1-2H3. The number of hydrogen-bond donors (Lipinski definition) is 2. The molecule has 0 spiro atoms. The Hall–Kier alpha value is -2.01. The Bertz CT molecular complexity index is 692. The van der Waals surface area contributed by atoms with Gasteiger partial charge in [0.2, 0.25) is 0 Å². The zero-order valence-corrected chi connectivity index (χ0v) is 11.7. The van der Waals surface area contributed by atoms with Crippen LogP contribution in [0, 0.1) is 6.92 Å². The smallest absolute Gasteiger partial charge is 0.175 e. The van der Waals surface area contributed by atoms with Crippen molar-refractivity contribution in [3.05, 3.63) is 48.0 Å². The first-order valence-corrected chi connectivity index (χ1v) is 7.69. The zero-order valence-electron chi connectivity index (χ0n) is 10.8. The molecule has 0 atom stereocenters. The summed E-state index contributed by atoms with van der Waals surface area (Å²) in [5, 5.41) is 3.20. The second-order valence-electron chi connectivity index (χ2n) is 4.49. The van der Waals surface area contributed by atoms with Crippen molar-refractivity contribution in [2.75, 3.05) is 17.3 Å². The summed E-state index contributed by atoms with van der Waals surface area (Å²) in [5.41, 5.74) is 9.25. The van der Waals surface area contributed by atoms with E-state index in [4.69, 9.17) is 5.73 Å². The van der Waals surface area contributed by atoms with Crippen molar-refractivity contribution in [3.63, 3.8) is 0 Å². The summed E-state index contributed by atoms with van der Waals surface area (Å²) in [6, 6.07) is 12.3. The minimum absolute atomic E-state index is 0.312. The average Bonchev–Trinajstić information content (AvgIpc) is 2.33. The van der Waals surface area contributed by atoms with Gasteiger partial charge in [0.15, 0.2) is 9.84 Å². The highest BCUT2D eigenvalue weighted by Gasteiger charge is 2.06. The molecule has 2 rings (SSSR count). The molecule has 0 unspecified atom stereocenters. The molecule has 0 aliphatic heterocycles. The van der Waals surface area contributed by atoms with Gasteiger partial charge in [-0.25, -0.2) is 8.42 Å². The molecule has 0 bridgehead atoms. The third kappa shape index (κ3) is 3.26. The molecule has 4 nitrogen and oxygen atoms in total. The van der Waals surface area contributed by atoms with Crippen LogP contribution in [0.2, 0.25) is 0 Å². The van der Waals surface area contributed by atoms with Gasteiger partial charge >= 0.3 is 0 Å². The fraction of sp³-hybridized carbons (Fsp3) is 0.143. The van der Waals surface area contributed by atoms with Crippen LogP contribution in [0.3, 0.4) is 0 Å². The van der Waals surface area contributed by atoms with E-state index in [9.17, 15) is 8.42 Å². The molecule has 0 saturated heterocycles. The topological polar surface area (TPSA) is 72.2 Å². The van der Waals surface area contributed by atoms with Crippen LogP contribution < -0.4 is 11.1 Å². The van der Waals surface area contributed by atoms with Gasteiger partial charge in [-0.2, -0.15) is 0 Å². The lowest BCUT2D eigenvalue weighted by molar-refractivity contribution is 0.602. The first-order valence-electron chi connectivity index (χ1n) is 5.79. The Morgan fingerprint density at radius 3 is 2.11 bits per heavy atom. The second kappa shape index (κ2) is 4.93. The van der Waals surface area contributed by atoms with Gasteiger partial charge in [-0.1, -0.05) is 0 Å². The van der Waals surface area contributed by atoms with Gasteiger partial charge in [0.05, 0.1) is 4.90 Å². The van der Waals surface area contributed by atoms with Crippen molar-refractivity contribution in [2.24, 2.45) is 0 Å². The molecule has 100 valence electrons. The number of nitrogens with two attached hydrogens (primary N) is 1. The van der Waals surface area contributed by atoms with Crippen LogP contribution in [-0.2, 0) is 9.84 Å². The second-order valence-corrected chi connectivity index (χ2v) is 6.51. The third-order valence-corrected chi connectivity index (χ3v) is 3.97. The predicted octanol–water partition coefficient (Wildman–Crippen LogP) is 2.72. The molecule has 0 saturated carbocycles. The molecular formula is C14H16N2O2S. The van der Waals surface area contributed by atoms with E-state index < -0.39 is 9.84 Å². The summed E-state index contributed by atoms with van der Waals surface area (Å²) >= 11 is 0. The van der Waals surface area contributed by atoms with Gasteiger partial charge in [0.25, 0.3) is 0 Å². The lowest BCUT2D eigenvalue weighted by Crippen LogP contribution is -1.98. The normalized spacial score (nSPS) is 11.3. The Morgan fingerprint density at radius 1 is 1.00 bits per heavy atom. The minimum atomic E-state index is -3.15. The molecule has 3 N–H and O–H groups in total. The summed E-state index contributed by atoms with van der Waals surface area (Å²) in [4.78, 5) is 0.312. The van der Waals surface area contributed by atoms with E-state index in [0.717, 1.165) is 22.6 Å². The van der Waals surface area contributed by atoms with Crippen molar-refractivity contribution in [1.82, 2.24) is 0 Å². The molecule has 2 aromatic carbocycles. The molecule has 0 radical (unpaired) electrons. The van der Waals surface area contributed by atoms with Crippen LogP contribution in [0.4, 0.5) is 17.1 Å². The van der Waals surface area contributed by atoms with Gasteiger partial charge in [-0.3, -0.25) is 0 Å². The van der Waals surface area contributed by atoms with Crippen LogP contribution in [0.5, 0.6) is 0 Å². The van der Waals surface area contributed by atoms with E-state index in [1.165, 1.54) is 6.26 Å². The van der Waals surface area contributed by atoms with Crippen LogP contribution in [0.15, 0.2) is 47.4 Å². The quantitative estimate of drug-likeness (QED) is 0.845. The maximum atomic E-state index is 11.4. The number of nitrogen functional groups attached to an aromatic ring is 1. The van der Waals surface area contributed by atoms with Gasteiger partial charge < -0.3 is 11.1 Å². The molecule has 5 heteroatoms. The van der Waals surface area contributed by atoms with E-state index >= 15 is 0 Å². The molecule has 0 heterocycles. The molecule has 19 heavy (non-hydrogen) atoms. The number of hydrogen-bond acceptors (Lipinski definition) is 4. The highest BCUT2D eigenvalue weighted by atomic mass is 32.2.